The van der Waals surface area contributed by atoms with E-state index >= 15 is 0 Å². The van der Waals surface area contributed by atoms with Gasteiger partial charge in [0, 0.05) is 19.3 Å². The van der Waals surface area contributed by atoms with Crippen molar-refractivity contribution in [3.63, 3.8) is 0 Å². The topological polar surface area (TPSA) is 155 Å². The lowest BCUT2D eigenvalue weighted by atomic mass is 10.1. The van der Waals surface area contributed by atoms with Crippen molar-refractivity contribution >= 4 is 25.7 Å². The van der Waals surface area contributed by atoms with Crippen LogP contribution in [-0.4, -0.2) is 66.5 Å². The highest BCUT2D eigenvalue weighted by Crippen LogP contribution is 2.43. The van der Waals surface area contributed by atoms with Gasteiger partial charge in [-0.25, -0.2) is 4.57 Å². The largest absolute Gasteiger partial charge is 0.472 e. The Bertz CT molecular complexity index is 1320. The van der Waals surface area contributed by atoms with E-state index < -0.39 is 57.8 Å². The van der Waals surface area contributed by atoms with Gasteiger partial charge in [0.2, 0.25) is 0 Å². The zero-order chi connectivity index (χ0) is 51.3. The van der Waals surface area contributed by atoms with Crippen molar-refractivity contribution in [1.82, 2.24) is 0 Å². The van der Waals surface area contributed by atoms with E-state index in [0.29, 0.717) is 19.3 Å². The molecule has 3 unspecified atom stereocenters. The normalized spacial score (nSPS) is 13.6. The van der Waals surface area contributed by atoms with Gasteiger partial charge in [0.05, 0.1) is 19.8 Å². The number of aliphatic hydroxyl groups is 1. The van der Waals surface area contributed by atoms with E-state index in [4.69, 9.17) is 23.3 Å². The van der Waals surface area contributed by atoms with E-state index in [1.165, 1.54) is 128 Å². The van der Waals surface area contributed by atoms with Crippen LogP contribution in [0.15, 0.2) is 36.5 Å². The molecule has 70 heavy (non-hydrogen) atoms. The van der Waals surface area contributed by atoms with E-state index in [2.05, 4.69) is 57.2 Å². The second-order valence-electron chi connectivity index (χ2n) is 19.5. The Kier molecular flexibility index (Phi) is 51.3. The zero-order valence-electron chi connectivity index (χ0n) is 45.2. The van der Waals surface area contributed by atoms with Crippen molar-refractivity contribution in [2.24, 2.45) is 0 Å². The maximum atomic E-state index is 12.9. The summed E-state index contributed by atoms with van der Waals surface area (Å²) < 4.78 is 39.5. The standard InChI is InChI=1S/C58H107O11P/c1-4-7-10-13-16-19-22-24-26-27-29-31-34-37-40-43-46-49-58(62)69-55(51-65-56(60)47-44-41-38-35-32-21-18-15-12-9-6-3)53-67-70(63,64)66-52-54(50-59)68-57(61)48-45-42-39-36-33-30-28-25-23-20-17-14-11-8-5-2/h17,20,24-26,28,54-55,59H,4-16,18-19,21-23,27,29-53H2,1-3H3,(H,63,64)/b20-17-,26-24-,28-25-. The Morgan fingerprint density at radius 2 is 0.700 bits per heavy atom. The van der Waals surface area contributed by atoms with Gasteiger partial charge in [-0.05, 0) is 77.0 Å². The third-order valence-electron chi connectivity index (χ3n) is 12.5. The summed E-state index contributed by atoms with van der Waals surface area (Å²) in [5.74, 6) is -1.47. The third-order valence-corrected chi connectivity index (χ3v) is 13.5. The molecule has 0 aliphatic carbocycles. The van der Waals surface area contributed by atoms with Gasteiger partial charge in [-0.15, -0.1) is 0 Å². The van der Waals surface area contributed by atoms with Crippen LogP contribution in [0.5, 0.6) is 0 Å². The molecule has 0 bridgehead atoms. The molecule has 0 saturated carbocycles. The molecule has 0 rings (SSSR count). The van der Waals surface area contributed by atoms with Crippen LogP contribution in [0.3, 0.4) is 0 Å². The fraction of sp³-hybridized carbons (Fsp3) is 0.845. The number of ether oxygens (including phenoxy) is 3. The molecule has 12 heteroatoms. The Morgan fingerprint density at radius 1 is 0.400 bits per heavy atom. The molecule has 3 atom stereocenters. The van der Waals surface area contributed by atoms with Crippen molar-refractivity contribution in [3.05, 3.63) is 36.5 Å². The van der Waals surface area contributed by atoms with Crippen LogP contribution in [0, 0.1) is 0 Å². The number of allylic oxidation sites excluding steroid dienone is 6. The molecule has 0 saturated heterocycles. The molecule has 0 spiro atoms. The van der Waals surface area contributed by atoms with Crippen LogP contribution in [0.4, 0.5) is 0 Å². The summed E-state index contributed by atoms with van der Waals surface area (Å²) in [6.07, 6.45) is 53.8. The first-order valence-corrected chi connectivity index (χ1v) is 30.4. The first-order chi connectivity index (χ1) is 34.2. The van der Waals surface area contributed by atoms with Crippen LogP contribution in [0.2, 0.25) is 0 Å². The maximum Gasteiger partial charge on any atom is 0.472 e. The molecule has 11 nitrogen and oxygen atoms in total. The minimum Gasteiger partial charge on any atom is -0.462 e. The Morgan fingerprint density at radius 3 is 1.10 bits per heavy atom. The van der Waals surface area contributed by atoms with E-state index in [0.717, 1.165) is 89.9 Å². The number of phosphoric ester groups is 1. The highest BCUT2D eigenvalue weighted by atomic mass is 31.2. The Balaban J connectivity index is 4.68. The van der Waals surface area contributed by atoms with Gasteiger partial charge in [0.15, 0.2) is 6.10 Å². The highest BCUT2D eigenvalue weighted by molar-refractivity contribution is 7.47. The monoisotopic (exact) mass is 1010 g/mol. The molecule has 0 aromatic heterocycles. The molecule has 0 fully saturated rings. The number of hydrogen-bond acceptors (Lipinski definition) is 10. The summed E-state index contributed by atoms with van der Waals surface area (Å²) in [5.41, 5.74) is 0. The van der Waals surface area contributed by atoms with Crippen LogP contribution >= 0.6 is 7.82 Å². The number of carbonyl (C=O) groups excluding carboxylic acids is 3. The minimum absolute atomic E-state index is 0.163. The van der Waals surface area contributed by atoms with Crippen molar-refractivity contribution in [3.8, 4) is 0 Å². The molecule has 0 heterocycles. The molecule has 2 N–H and O–H groups in total. The second-order valence-corrected chi connectivity index (χ2v) is 20.9. The van der Waals surface area contributed by atoms with Crippen LogP contribution < -0.4 is 0 Å². The second kappa shape index (κ2) is 53.0. The summed E-state index contributed by atoms with van der Waals surface area (Å²) in [6.45, 7) is 4.62. The number of carbonyl (C=O) groups is 3. The predicted octanol–water partition coefficient (Wildman–Crippen LogP) is 16.8. The number of rotatable bonds is 54. The molecule has 0 radical (unpaired) electrons. The van der Waals surface area contributed by atoms with Gasteiger partial charge in [-0.2, -0.15) is 0 Å². The van der Waals surface area contributed by atoms with Crippen molar-refractivity contribution in [1.29, 1.82) is 0 Å². The lowest BCUT2D eigenvalue weighted by molar-refractivity contribution is -0.161. The average molecular weight is 1010 g/mol. The minimum atomic E-state index is -4.74. The van der Waals surface area contributed by atoms with Crippen molar-refractivity contribution in [2.75, 3.05) is 26.4 Å². The molecular weight excluding hydrogens is 904 g/mol. The van der Waals surface area contributed by atoms with Gasteiger partial charge in [0.1, 0.15) is 12.7 Å². The van der Waals surface area contributed by atoms with Gasteiger partial charge < -0.3 is 24.2 Å². The van der Waals surface area contributed by atoms with Crippen molar-refractivity contribution in [2.45, 2.75) is 290 Å². The van der Waals surface area contributed by atoms with Crippen LogP contribution in [0.25, 0.3) is 0 Å². The van der Waals surface area contributed by atoms with E-state index in [9.17, 15) is 28.9 Å². The summed E-state index contributed by atoms with van der Waals surface area (Å²) >= 11 is 0. The average Bonchev–Trinajstić information content (AvgIpc) is 3.35. The number of esters is 3. The fourth-order valence-corrected chi connectivity index (χ4v) is 8.87. The maximum absolute atomic E-state index is 12.9. The van der Waals surface area contributed by atoms with E-state index in [-0.39, 0.29) is 25.9 Å². The third kappa shape index (κ3) is 50.6. The molecule has 0 aromatic rings. The Labute approximate surface area is 429 Å². The smallest absolute Gasteiger partial charge is 0.462 e. The van der Waals surface area contributed by atoms with Crippen LogP contribution in [-0.2, 0) is 42.2 Å². The lowest BCUT2D eigenvalue weighted by Crippen LogP contribution is -2.30. The SMILES string of the molecule is CCCCC/C=C\C/C=C\CCCCCCCC(=O)OC(CO)COP(=O)(O)OCC(COC(=O)CCCCCCCCCCCCC)OC(=O)CCCCCCCCC/C=C\CCCCCCCC. The predicted molar refractivity (Wildman–Crippen MR) is 289 cm³/mol. The highest BCUT2D eigenvalue weighted by Gasteiger charge is 2.28. The van der Waals surface area contributed by atoms with Gasteiger partial charge in [-0.1, -0.05) is 218 Å². The van der Waals surface area contributed by atoms with Crippen LogP contribution in [0.1, 0.15) is 278 Å². The Hall–Kier alpha value is -2.30. The zero-order valence-corrected chi connectivity index (χ0v) is 46.1. The quantitative estimate of drug-likeness (QED) is 0.0197. The summed E-state index contributed by atoms with van der Waals surface area (Å²) in [4.78, 5) is 48.5. The lowest BCUT2D eigenvalue weighted by Gasteiger charge is -2.21. The van der Waals surface area contributed by atoms with E-state index in [1.54, 1.807) is 0 Å². The van der Waals surface area contributed by atoms with Gasteiger partial charge in [0.25, 0.3) is 0 Å². The summed E-state index contributed by atoms with van der Waals surface area (Å²) in [6, 6.07) is 0. The molecule has 0 amide bonds. The molecule has 410 valence electrons. The number of hydrogen-bond donors (Lipinski definition) is 2. The first kappa shape index (κ1) is 67.7. The summed E-state index contributed by atoms with van der Waals surface area (Å²) in [5, 5.41) is 9.80. The van der Waals surface area contributed by atoms with Gasteiger partial charge in [-0.3, -0.25) is 23.4 Å². The molecule has 0 aliphatic heterocycles. The number of phosphoric acid groups is 1. The summed E-state index contributed by atoms with van der Waals surface area (Å²) in [7, 11) is -4.74. The number of aliphatic hydroxyl groups excluding tert-OH is 1. The van der Waals surface area contributed by atoms with Crippen molar-refractivity contribution < 1.29 is 52.2 Å². The first-order valence-electron chi connectivity index (χ1n) is 28.9. The number of unbranched alkanes of at least 4 members (excludes halogenated alkanes) is 31. The fourth-order valence-electron chi connectivity index (χ4n) is 8.09. The van der Waals surface area contributed by atoms with Gasteiger partial charge >= 0.3 is 25.7 Å². The molecule has 0 aliphatic rings. The van der Waals surface area contributed by atoms with E-state index in [1.807, 2.05) is 0 Å². The molecular formula is C58H107O11P. The molecule has 0 aromatic carbocycles.